The van der Waals surface area contributed by atoms with Gasteiger partial charge in [-0.3, -0.25) is 9.69 Å². The molecule has 4 rings (SSSR count). The number of amides is 3. The zero-order valence-electron chi connectivity index (χ0n) is 18.9. The van der Waals surface area contributed by atoms with Gasteiger partial charge in [0.1, 0.15) is 5.82 Å². The molecule has 1 aliphatic heterocycles. The van der Waals surface area contributed by atoms with Crippen molar-refractivity contribution in [1.29, 1.82) is 0 Å². The van der Waals surface area contributed by atoms with E-state index in [1.165, 1.54) is 34.1 Å². The molecule has 3 aromatic rings. The number of halogens is 4. The lowest BCUT2D eigenvalue weighted by atomic mass is 10.1. The lowest BCUT2D eigenvalue weighted by Crippen LogP contribution is -2.49. The van der Waals surface area contributed by atoms with Crippen LogP contribution in [0.4, 0.5) is 33.7 Å². The van der Waals surface area contributed by atoms with Gasteiger partial charge in [0.25, 0.3) is 5.91 Å². The quantitative estimate of drug-likeness (QED) is 0.435. The zero-order chi connectivity index (χ0) is 25.2. The highest BCUT2D eigenvalue weighted by Gasteiger charge is 2.32. The number of carbonyl (C=O) groups is 2. The molecule has 9 heteroatoms. The first-order chi connectivity index (χ1) is 16.6. The zero-order valence-corrected chi connectivity index (χ0v) is 18.9. The Bertz CT molecular complexity index is 1260. The summed E-state index contributed by atoms with van der Waals surface area (Å²) in [5, 5.41) is 2.76. The second kappa shape index (κ2) is 9.77. The summed E-state index contributed by atoms with van der Waals surface area (Å²) in [5.41, 5.74) is 1.42. The fraction of sp³-hybridized carbons (Fsp3) is 0.231. The number of rotatable bonds is 5. The molecule has 0 aromatic heterocycles. The van der Waals surface area contributed by atoms with Gasteiger partial charge in [-0.25, -0.2) is 9.18 Å². The van der Waals surface area contributed by atoms with Gasteiger partial charge in [0.05, 0.1) is 16.9 Å². The summed E-state index contributed by atoms with van der Waals surface area (Å²) in [5.74, 6) is -1.07. The van der Waals surface area contributed by atoms with Gasteiger partial charge < -0.3 is 10.2 Å². The SMILES string of the molecule is Cc1ccc(N2CCCN(Cc3cccc(C(F)(F)F)c3)C2=O)c(NC(=O)c2cccc(F)c2)c1. The van der Waals surface area contributed by atoms with Crippen molar-refractivity contribution in [3.63, 3.8) is 0 Å². The van der Waals surface area contributed by atoms with Crippen molar-refractivity contribution in [3.8, 4) is 0 Å². The molecule has 0 spiro atoms. The summed E-state index contributed by atoms with van der Waals surface area (Å²) >= 11 is 0. The second-order valence-corrected chi connectivity index (χ2v) is 8.39. The van der Waals surface area contributed by atoms with Crippen LogP contribution in [0.1, 0.15) is 33.5 Å². The number of carbonyl (C=O) groups excluding carboxylic acids is 2. The van der Waals surface area contributed by atoms with E-state index in [1.54, 1.807) is 24.3 Å². The molecule has 0 unspecified atom stereocenters. The van der Waals surface area contributed by atoms with Crippen LogP contribution in [0.2, 0.25) is 0 Å². The number of benzene rings is 3. The van der Waals surface area contributed by atoms with Gasteiger partial charge in [-0.05, 0) is 66.9 Å². The maximum atomic E-state index is 13.6. The molecule has 0 saturated carbocycles. The minimum atomic E-state index is -4.47. The number of urea groups is 1. The van der Waals surface area contributed by atoms with Gasteiger partial charge in [-0.1, -0.05) is 24.3 Å². The number of aryl methyl sites for hydroxylation is 1. The maximum Gasteiger partial charge on any atom is 0.416 e. The Balaban J connectivity index is 1.57. The van der Waals surface area contributed by atoms with Crippen molar-refractivity contribution in [2.75, 3.05) is 23.3 Å². The molecule has 1 heterocycles. The number of nitrogens with zero attached hydrogens (tertiary/aromatic N) is 2. The van der Waals surface area contributed by atoms with Crippen molar-refractivity contribution in [3.05, 3.63) is 94.8 Å². The molecule has 1 fully saturated rings. The van der Waals surface area contributed by atoms with Crippen LogP contribution in [0.3, 0.4) is 0 Å². The highest BCUT2D eigenvalue weighted by molar-refractivity contribution is 6.07. The number of nitrogens with one attached hydrogen (secondary N) is 1. The van der Waals surface area contributed by atoms with Crippen LogP contribution in [0.25, 0.3) is 0 Å². The minimum Gasteiger partial charge on any atom is -0.320 e. The Morgan fingerprint density at radius 2 is 1.77 bits per heavy atom. The summed E-state index contributed by atoms with van der Waals surface area (Å²) in [6, 6.07) is 15.0. The summed E-state index contributed by atoms with van der Waals surface area (Å²) < 4.78 is 52.8. The first-order valence-corrected chi connectivity index (χ1v) is 11.0. The number of alkyl halides is 3. The number of hydrogen-bond donors (Lipinski definition) is 1. The maximum absolute atomic E-state index is 13.6. The van der Waals surface area contributed by atoms with E-state index in [4.69, 9.17) is 0 Å². The first-order valence-electron chi connectivity index (χ1n) is 11.0. The van der Waals surface area contributed by atoms with Crippen molar-refractivity contribution < 1.29 is 27.2 Å². The van der Waals surface area contributed by atoms with Crippen LogP contribution < -0.4 is 10.2 Å². The molecule has 3 amide bonds. The third-order valence-corrected chi connectivity index (χ3v) is 5.72. The Kier molecular flexibility index (Phi) is 6.77. The average Bonchev–Trinajstić information content (AvgIpc) is 2.81. The van der Waals surface area contributed by atoms with Crippen LogP contribution in [-0.2, 0) is 12.7 Å². The number of anilines is 2. The summed E-state index contributed by atoms with van der Waals surface area (Å²) in [6.07, 6.45) is -3.87. The molecular formula is C26H23F4N3O2. The Labute approximate surface area is 200 Å². The Morgan fingerprint density at radius 3 is 2.51 bits per heavy atom. The summed E-state index contributed by atoms with van der Waals surface area (Å²) in [7, 11) is 0. The van der Waals surface area contributed by atoms with Gasteiger partial charge in [0, 0.05) is 25.2 Å². The molecule has 0 aliphatic carbocycles. The largest absolute Gasteiger partial charge is 0.416 e. The van der Waals surface area contributed by atoms with Crippen LogP contribution in [0.5, 0.6) is 0 Å². The van der Waals surface area contributed by atoms with E-state index in [0.717, 1.165) is 23.8 Å². The molecule has 0 radical (unpaired) electrons. The second-order valence-electron chi connectivity index (χ2n) is 8.39. The molecule has 1 saturated heterocycles. The normalized spacial score (nSPS) is 14.3. The van der Waals surface area contributed by atoms with Gasteiger partial charge in [0.2, 0.25) is 0 Å². The van der Waals surface area contributed by atoms with Gasteiger partial charge in [-0.15, -0.1) is 0 Å². The van der Waals surface area contributed by atoms with Crippen molar-refractivity contribution >= 4 is 23.3 Å². The molecule has 182 valence electrons. The Morgan fingerprint density at radius 1 is 1.00 bits per heavy atom. The van der Waals surface area contributed by atoms with Gasteiger partial charge >= 0.3 is 12.2 Å². The highest BCUT2D eigenvalue weighted by atomic mass is 19.4. The molecule has 0 atom stereocenters. The standard InChI is InChI=1S/C26H23F4N3O2/c1-17-9-10-23(22(13-17)31-24(34)19-6-3-8-21(27)15-19)33-12-4-11-32(25(33)35)16-18-5-2-7-20(14-18)26(28,29)30/h2-3,5-10,13-15H,4,11-12,16H2,1H3,(H,31,34). The first kappa shape index (κ1) is 24.3. The van der Waals surface area contributed by atoms with Crippen LogP contribution in [-0.4, -0.2) is 29.9 Å². The lowest BCUT2D eigenvalue weighted by molar-refractivity contribution is -0.137. The predicted octanol–water partition coefficient (Wildman–Crippen LogP) is 6.24. The molecule has 5 nitrogen and oxygen atoms in total. The van der Waals surface area contributed by atoms with E-state index in [0.29, 0.717) is 36.4 Å². The van der Waals surface area contributed by atoms with Crippen LogP contribution in [0.15, 0.2) is 66.7 Å². The fourth-order valence-corrected chi connectivity index (χ4v) is 4.03. The smallest absolute Gasteiger partial charge is 0.320 e. The lowest BCUT2D eigenvalue weighted by Gasteiger charge is -2.36. The predicted molar refractivity (Wildman–Crippen MR) is 125 cm³/mol. The molecule has 1 aliphatic rings. The fourth-order valence-electron chi connectivity index (χ4n) is 4.03. The van der Waals surface area contributed by atoms with E-state index < -0.39 is 23.5 Å². The third-order valence-electron chi connectivity index (χ3n) is 5.72. The van der Waals surface area contributed by atoms with Crippen molar-refractivity contribution in [2.24, 2.45) is 0 Å². The average molecular weight is 485 g/mol. The molecule has 3 aromatic carbocycles. The summed E-state index contributed by atoms with van der Waals surface area (Å²) in [4.78, 5) is 29.0. The van der Waals surface area contributed by atoms with E-state index in [2.05, 4.69) is 5.32 Å². The monoisotopic (exact) mass is 485 g/mol. The van der Waals surface area contributed by atoms with Crippen molar-refractivity contribution in [2.45, 2.75) is 26.1 Å². The van der Waals surface area contributed by atoms with Crippen molar-refractivity contribution in [1.82, 2.24) is 4.90 Å². The Hall–Kier alpha value is -3.88. The topological polar surface area (TPSA) is 52.6 Å². The van der Waals surface area contributed by atoms with E-state index in [-0.39, 0.29) is 18.1 Å². The molecule has 0 bridgehead atoms. The van der Waals surface area contributed by atoms with E-state index >= 15 is 0 Å². The molecule has 1 N–H and O–H groups in total. The van der Waals surface area contributed by atoms with Crippen LogP contribution in [0, 0.1) is 12.7 Å². The summed E-state index contributed by atoms with van der Waals surface area (Å²) in [6.45, 7) is 2.63. The third kappa shape index (κ3) is 5.62. The van der Waals surface area contributed by atoms with Gasteiger partial charge in [0.15, 0.2) is 0 Å². The highest BCUT2D eigenvalue weighted by Crippen LogP contribution is 2.32. The minimum absolute atomic E-state index is 0.0239. The van der Waals surface area contributed by atoms with E-state index in [9.17, 15) is 27.2 Å². The number of hydrogen-bond acceptors (Lipinski definition) is 2. The van der Waals surface area contributed by atoms with E-state index in [1.807, 2.05) is 6.92 Å². The molecule has 35 heavy (non-hydrogen) atoms. The van der Waals surface area contributed by atoms with Gasteiger partial charge in [-0.2, -0.15) is 13.2 Å². The molecular weight excluding hydrogens is 462 g/mol. The van der Waals surface area contributed by atoms with Crippen LogP contribution >= 0.6 is 0 Å².